The van der Waals surface area contributed by atoms with Crippen molar-refractivity contribution in [3.63, 3.8) is 0 Å². The molecular formula is C24H24BrClO7. The number of carbonyl (C=O) groups excluding carboxylic acids is 2. The maximum atomic E-state index is 11.8. The second-order valence-electron chi connectivity index (χ2n) is 7.93. The van der Waals surface area contributed by atoms with E-state index in [-0.39, 0.29) is 5.01 Å². The maximum Gasteiger partial charge on any atom is 0.303 e. The Hall–Kier alpha value is -2.29. The van der Waals surface area contributed by atoms with Crippen LogP contribution in [0, 0.1) is 0 Å². The van der Waals surface area contributed by atoms with E-state index in [4.69, 9.17) is 35.3 Å². The smallest absolute Gasteiger partial charge is 0.303 e. The molecule has 0 aliphatic carbocycles. The Bertz CT molecular complexity index is 1040. The van der Waals surface area contributed by atoms with Crippen molar-refractivity contribution in [3.05, 3.63) is 58.1 Å². The minimum Gasteiger partial charge on any atom is -0.486 e. The summed E-state index contributed by atoms with van der Waals surface area (Å²) in [5.41, 5.74) is 2.65. The van der Waals surface area contributed by atoms with Gasteiger partial charge in [0, 0.05) is 25.3 Å². The minimum absolute atomic E-state index is 0.353. The van der Waals surface area contributed by atoms with Crippen molar-refractivity contribution in [1.29, 1.82) is 0 Å². The topological polar surface area (TPSA) is 80.3 Å². The molecule has 0 saturated carbocycles. The number of esters is 2. The van der Waals surface area contributed by atoms with Crippen LogP contribution in [0.5, 0.6) is 11.5 Å². The molecule has 1 saturated heterocycles. The number of rotatable bonds is 5. The highest BCUT2D eigenvalue weighted by atomic mass is 79.9. The fourth-order valence-electron chi connectivity index (χ4n) is 4.05. The lowest BCUT2D eigenvalue weighted by atomic mass is 9.93. The second kappa shape index (κ2) is 10.3. The zero-order valence-corrected chi connectivity index (χ0v) is 20.6. The summed E-state index contributed by atoms with van der Waals surface area (Å²) in [4.78, 5) is 23.5. The van der Waals surface area contributed by atoms with E-state index < -0.39 is 30.3 Å². The molecule has 0 spiro atoms. The number of benzene rings is 2. The molecule has 2 aromatic rings. The average molecular weight is 540 g/mol. The zero-order valence-electron chi connectivity index (χ0n) is 18.2. The van der Waals surface area contributed by atoms with Crippen molar-refractivity contribution in [2.24, 2.45) is 0 Å². The first-order chi connectivity index (χ1) is 15.8. The Morgan fingerprint density at radius 1 is 1.03 bits per heavy atom. The van der Waals surface area contributed by atoms with Gasteiger partial charge in [-0.25, -0.2) is 0 Å². The lowest BCUT2D eigenvalue weighted by molar-refractivity contribution is -0.197. The molecule has 2 aliphatic rings. The van der Waals surface area contributed by atoms with Gasteiger partial charge in [0.05, 0.1) is 0 Å². The van der Waals surface area contributed by atoms with Crippen molar-refractivity contribution < 1.29 is 33.3 Å². The molecule has 0 bridgehead atoms. The molecule has 4 rings (SSSR count). The third kappa shape index (κ3) is 5.80. The van der Waals surface area contributed by atoms with Crippen LogP contribution < -0.4 is 9.47 Å². The molecule has 0 radical (unpaired) electrons. The summed E-state index contributed by atoms with van der Waals surface area (Å²) in [6.07, 6.45) is -1.17. The zero-order chi connectivity index (χ0) is 23.5. The lowest BCUT2D eigenvalue weighted by Crippen LogP contribution is -2.46. The van der Waals surface area contributed by atoms with Crippen LogP contribution in [0.15, 0.2) is 36.4 Å². The Balaban J connectivity index is 1.63. The van der Waals surface area contributed by atoms with Crippen LogP contribution in [-0.2, 0) is 30.2 Å². The first kappa shape index (κ1) is 23.9. The Morgan fingerprint density at radius 2 is 1.76 bits per heavy atom. The van der Waals surface area contributed by atoms with E-state index in [0.717, 1.165) is 22.4 Å². The minimum atomic E-state index is -0.788. The molecule has 1 fully saturated rings. The van der Waals surface area contributed by atoms with E-state index in [2.05, 4.69) is 15.9 Å². The van der Waals surface area contributed by atoms with E-state index in [9.17, 15) is 9.59 Å². The van der Waals surface area contributed by atoms with Gasteiger partial charge < -0.3 is 23.7 Å². The molecule has 2 aromatic carbocycles. The highest BCUT2D eigenvalue weighted by Crippen LogP contribution is 2.39. The second-order valence-corrected chi connectivity index (χ2v) is 9.36. The van der Waals surface area contributed by atoms with Crippen molar-refractivity contribution in [3.8, 4) is 11.5 Å². The van der Waals surface area contributed by atoms with Crippen LogP contribution >= 0.6 is 27.5 Å². The summed E-state index contributed by atoms with van der Waals surface area (Å²) in [7, 11) is 0. The van der Waals surface area contributed by atoms with E-state index in [0.29, 0.717) is 36.8 Å². The van der Waals surface area contributed by atoms with Gasteiger partial charge in [-0.05, 0) is 41.3 Å². The fourth-order valence-corrected chi connectivity index (χ4v) is 4.84. The molecule has 0 amide bonds. The quantitative estimate of drug-likeness (QED) is 0.401. The van der Waals surface area contributed by atoms with E-state index >= 15 is 0 Å². The van der Waals surface area contributed by atoms with Crippen LogP contribution in [0.25, 0.3) is 0 Å². The molecule has 33 heavy (non-hydrogen) atoms. The molecular weight excluding hydrogens is 516 g/mol. The molecule has 0 aromatic heterocycles. The fraction of sp³-hybridized carbons (Fsp3) is 0.417. The van der Waals surface area contributed by atoms with Gasteiger partial charge in [-0.15, -0.1) is 0 Å². The predicted molar refractivity (Wildman–Crippen MR) is 124 cm³/mol. The SMILES string of the molecule is CC(=O)OC1C[C@H](Br)OC(c2ccc(Cl)c(Cc3ccc4c(c3)OCCO4)c2)[C@@H]1OC(C)=O. The average Bonchev–Trinajstić information content (AvgIpc) is 2.76. The van der Waals surface area contributed by atoms with Crippen molar-refractivity contribution >= 4 is 39.5 Å². The normalized spacial score (nSPS) is 24.1. The standard InChI is InChI=1S/C24H24BrClO7/c1-13(27)31-21-12-22(25)33-23(24(21)32-14(2)28)16-4-5-18(26)17(11-16)9-15-3-6-19-20(10-15)30-8-7-29-19/h3-6,10-11,21-24H,7-9,12H2,1-2H3/t21?,22-,23?,24-/m1/s1. The van der Waals surface area contributed by atoms with Crippen LogP contribution in [0.3, 0.4) is 0 Å². The third-order valence-corrected chi connectivity index (χ3v) is 6.35. The van der Waals surface area contributed by atoms with E-state index in [1.807, 2.05) is 30.3 Å². The lowest BCUT2D eigenvalue weighted by Gasteiger charge is -2.39. The number of ether oxygens (including phenoxy) is 5. The van der Waals surface area contributed by atoms with Crippen molar-refractivity contribution in [2.45, 2.75) is 50.0 Å². The van der Waals surface area contributed by atoms with Crippen LogP contribution in [0.2, 0.25) is 5.02 Å². The van der Waals surface area contributed by atoms with Gasteiger partial charge in [0.2, 0.25) is 0 Å². The number of fused-ring (bicyclic) bond motifs is 1. The van der Waals surface area contributed by atoms with E-state index in [1.165, 1.54) is 13.8 Å². The Morgan fingerprint density at radius 3 is 2.48 bits per heavy atom. The number of halogens is 2. The number of carbonyl (C=O) groups is 2. The maximum absolute atomic E-state index is 11.8. The monoisotopic (exact) mass is 538 g/mol. The molecule has 2 heterocycles. The van der Waals surface area contributed by atoms with Crippen LogP contribution in [0.4, 0.5) is 0 Å². The van der Waals surface area contributed by atoms with Gasteiger partial charge in [-0.1, -0.05) is 45.7 Å². The summed E-state index contributed by atoms with van der Waals surface area (Å²) < 4.78 is 28.4. The molecule has 9 heteroatoms. The molecule has 2 aliphatic heterocycles. The van der Waals surface area contributed by atoms with Crippen LogP contribution in [-0.4, -0.2) is 42.4 Å². The van der Waals surface area contributed by atoms with E-state index in [1.54, 1.807) is 6.07 Å². The highest BCUT2D eigenvalue weighted by molar-refractivity contribution is 9.09. The van der Waals surface area contributed by atoms with Gasteiger partial charge in [0.25, 0.3) is 0 Å². The highest BCUT2D eigenvalue weighted by Gasteiger charge is 2.43. The number of hydrogen-bond donors (Lipinski definition) is 0. The van der Waals surface area contributed by atoms with Gasteiger partial charge in [-0.3, -0.25) is 9.59 Å². The van der Waals surface area contributed by atoms with Crippen molar-refractivity contribution in [2.75, 3.05) is 13.2 Å². The summed E-state index contributed by atoms with van der Waals surface area (Å²) >= 11 is 9.98. The van der Waals surface area contributed by atoms with Crippen LogP contribution in [0.1, 0.15) is 43.1 Å². The number of hydrogen-bond acceptors (Lipinski definition) is 7. The first-order valence-electron chi connectivity index (χ1n) is 10.6. The summed E-state index contributed by atoms with van der Waals surface area (Å²) in [6.45, 7) is 3.69. The molecule has 4 atom stereocenters. The predicted octanol–water partition coefficient (Wildman–Crippen LogP) is 4.75. The van der Waals surface area contributed by atoms with Gasteiger partial charge in [-0.2, -0.15) is 0 Å². The third-order valence-electron chi connectivity index (χ3n) is 5.40. The van der Waals surface area contributed by atoms with Crippen molar-refractivity contribution in [1.82, 2.24) is 0 Å². The molecule has 7 nitrogen and oxygen atoms in total. The Labute approximate surface area is 205 Å². The summed E-state index contributed by atoms with van der Waals surface area (Å²) in [5, 5.41) is 0.219. The molecule has 176 valence electrons. The summed E-state index contributed by atoms with van der Waals surface area (Å²) in [5.74, 6) is 0.504. The summed E-state index contributed by atoms with van der Waals surface area (Å²) in [6, 6.07) is 11.4. The van der Waals surface area contributed by atoms with Gasteiger partial charge in [0.1, 0.15) is 30.4 Å². The Kier molecular flexibility index (Phi) is 7.46. The largest absolute Gasteiger partial charge is 0.486 e. The molecule has 2 unspecified atom stereocenters. The molecule has 0 N–H and O–H groups in total. The van der Waals surface area contributed by atoms with Gasteiger partial charge in [0.15, 0.2) is 17.6 Å². The number of alkyl halides is 1. The first-order valence-corrected chi connectivity index (χ1v) is 11.9. The van der Waals surface area contributed by atoms with Gasteiger partial charge >= 0.3 is 11.9 Å².